The van der Waals surface area contributed by atoms with Crippen molar-refractivity contribution in [2.75, 3.05) is 19.3 Å². The molecule has 0 atom stereocenters. The summed E-state index contributed by atoms with van der Waals surface area (Å²) in [5, 5.41) is 5.96. The Bertz CT molecular complexity index is 383. The van der Waals surface area contributed by atoms with Gasteiger partial charge in [0, 0.05) is 13.1 Å². The third-order valence-corrected chi connectivity index (χ3v) is 2.78. The van der Waals surface area contributed by atoms with Crippen LogP contribution in [0.15, 0.2) is 5.10 Å². The zero-order chi connectivity index (χ0) is 12.2. The van der Waals surface area contributed by atoms with Crippen LogP contribution in [0.3, 0.4) is 0 Å². The third-order valence-electron chi connectivity index (χ3n) is 2.22. The van der Waals surface area contributed by atoms with Crippen LogP contribution >= 0.6 is 0 Å². The lowest BCUT2D eigenvalue weighted by Crippen LogP contribution is -2.36. The summed E-state index contributed by atoms with van der Waals surface area (Å²) in [7, 11) is -3.51. The van der Waals surface area contributed by atoms with E-state index in [4.69, 9.17) is 0 Å². The van der Waals surface area contributed by atoms with E-state index < -0.39 is 15.9 Å². The molecule has 0 radical (unpaired) electrons. The van der Waals surface area contributed by atoms with Crippen molar-refractivity contribution in [1.29, 1.82) is 0 Å². The predicted octanol–water partition coefficient (Wildman–Crippen LogP) is -0.0760. The van der Waals surface area contributed by atoms with E-state index in [1.54, 1.807) is 11.9 Å². The maximum absolute atomic E-state index is 11.5. The minimum atomic E-state index is -3.51. The first kappa shape index (κ1) is 13.0. The number of nitrogens with one attached hydrogen (secondary N) is 1. The molecule has 0 unspecified atom stereocenters. The standard InChI is InChI=1S/C9H17N3O3S/c1-3-8(9(13)11-16(2,14)15)10-12-6-4-5-7-12/h3-7H2,1-2H3,(H,11,13). The number of nitrogens with zero attached hydrogens (tertiary/aromatic N) is 2. The van der Waals surface area contributed by atoms with E-state index in [9.17, 15) is 13.2 Å². The van der Waals surface area contributed by atoms with E-state index in [1.165, 1.54) is 0 Å². The van der Waals surface area contributed by atoms with Crippen molar-refractivity contribution in [1.82, 2.24) is 9.73 Å². The number of sulfonamides is 1. The first-order valence-corrected chi connectivity index (χ1v) is 7.16. The van der Waals surface area contributed by atoms with Crippen LogP contribution in [-0.2, 0) is 14.8 Å². The van der Waals surface area contributed by atoms with Crippen molar-refractivity contribution in [3.05, 3.63) is 0 Å². The molecule has 0 saturated carbocycles. The van der Waals surface area contributed by atoms with Gasteiger partial charge in [-0.25, -0.2) is 13.1 Å². The molecule has 6 nitrogen and oxygen atoms in total. The van der Waals surface area contributed by atoms with Gasteiger partial charge in [-0.1, -0.05) is 6.92 Å². The van der Waals surface area contributed by atoms with Crippen LogP contribution in [0.1, 0.15) is 26.2 Å². The number of carbonyl (C=O) groups is 1. The summed E-state index contributed by atoms with van der Waals surface area (Å²) in [4.78, 5) is 11.5. The van der Waals surface area contributed by atoms with Gasteiger partial charge in [0.1, 0.15) is 5.71 Å². The summed E-state index contributed by atoms with van der Waals surface area (Å²) in [5.41, 5.74) is 0.257. The number of hydrogen-bond acceptors (Lipinski definition) is 5. The third kappa shape index (κ3) is 4.18. The first-order valence-electron chi connectivity index (χ1n) is 5.27. The second-order valence-corrected chi connectivity index (χ2v) is 5.51. The van der Waals surface area contributed by atoms with Gasteiger partial charge >= 0.3 is 0 Å². The highest BCUT2D eigenvalue weighted by molar-refractivity contribution is 7.89. The maximum Gasteiger partial charge on any atom is 0.280 e. The van der Waals surface area contributed by atoms with Crippen molar-refractivity contribution in [3.63, 3.8) is 0 Å². The molecular formula is C9H17N3O3S. The van der Waals surface area contributed by atoms with Crippen molar-refractivity contribution in [2.45, 2.75) is 26.2 Å². The van der Waals surface area contributed by atoms with Gasteiger partial charge in [-0.2, -0.15) is 5.10 Å². The van der Waals surface area contributed by atoms with Gasteiger partial charge in [-0.15, -0.1) is 0 Å². The Morgan fingerprint density at radius 3 is 2.38 bits per heavy atom. The number of hydrazone groups is 1. The Morgan fingerprint density at radius 1 is 1.38 bits per heavy atom. The molecule has 92 valence electrons. The zero-order valence-corrected chi connectivity index (χ0v) is 10.4. The highest BCUT2D eigenvalue weighted by Gasteiger charge is 2.17. The molecule has 1 fully saturated rings. The second-order valence-electron chi connectivity index (χ2n) is 3.76. The van der Waals surface area contributed by atoms with Crippen molar-refractivity contribution < 1.29 is 13.2 Å². The highest BCUT2D eigenvalue weighted by atomic mass is 32.2. The number of rotatable bonds is 4. The Kier molecular flexibility index (Phi) is 4.28. The first-order chi connectivity index (χ1) is 7.42. The molecule has 1 aliphatic heterocycles. The van der Waals surface area contributed by atoms with Crippen LogP contribution < -0.4 is 4.72 Å². The van der Waals surface area contributed by atoms with Gasteiger partial charge in [0.25, 0.3) is 5.91 Å². The predicted molar refractivity (Wildman–Crippen MR) is 61.5 cm³/mol. The maximum atomic E-state index is 11.5. The fourth-order valence-corrected chi connectivity index (χ4v) is 1.93. The van der Waals surface area contributed by atoms with Crippen molar-refractivity contribution in [3.8, 4) is 0 Å². The van der Waals surface area contributed by atoms with E-state index in [2.05, 4.69) is 5.10 Å². The van der Waals surface area contributed by atoms with Crippen LogP contribution in [0.2, 0.25) is 0 Å². The van der Waals surface area contributed by atoms with Gasteiger partial charge in [-0.3, -0.25) is 9.80 Å². The fraction of sp³-hybridized carbons (Fsp3) is 0.778. The SMILES string of the molecule is CCC(=NN1CCCC1)C(=O)NS(C)(=O)=O. The van der Waals surface area contributed by atoms with E-state index in [-0.39, 0.29) is 5.71 Å². The molecule has 0 spiro atoms. The van der Waals surface area contributed by atoms with Gasteiger partial charge < -0.3 is 0 Å². The molecule has 0 aromatic rings. The monoisotopic (exact) mass is 247 g/mol. The summed E-state index contributed by atoms with van der Waals surface area (Å²) in [6, 6.07) is 0. The Morgan fingerprint density at radius 2 is 1.94 bits per heavy atom. The minimum Gasteiger partial charge on any atom is -0.297 e. The Balaban J connectivity index is 2.69. The van der Waals surface area contributed by atoms with E-state index in [1.807, 2.05) is 4.72 Å². The van der Waals surface area contributed by atoms with Gasteiger partial charge in [-0.05, 0) is 19.3 Å². The molecule has 16 heavy (non-hydrogen) atoms. The van der Waals surface area contributed by atoms with E-state index >= 15 is 0 Å². The second kappa shape index (κ2) is 5.29. The summed E-state index contributed by atoms with van der Waals surface area (Å²) in [5.74, 6) is -0.628. The lowest BCUT2D eigenvalue weighted by atomic mass is 10.3. The van der Waals surface area contributed by atoms with Gasteiger partial charge in [0.15, 0.2) is 0 Å². The van der Waals surface area contributed by atoms with Crippen LogP contribution in [0.5, 0.6) is 0 Å². The smallest absolute Gasteiger partial charge is 0.280 e. The number of carbonyl (C=O) groups excluding carboxylic acids is 1. The highest BCUT2D eigenvalue weighted by Crippen LogP contribution is 2.08. The quantitative estimate of drug-likeness (QED) is 0.705. The molecule has 1 saturated heterocycles. The van der Waals surface area contributed by atoms with Crippen LogP contribution in [-0.4, -0.2) is 44.4 Å². The molecule has 0 aromatic carbocycles. The van der Waals surface area contributed by atoms with Crippen LogP contribution in [0, 0.1) is 0 Å². The molecule has 7 heteroatoms. The molecule has 1 amide bonds. The molecule has 1 N–H and O–H groups in total. The van der Waals surface area contributed by atoms with Gasteiger partial charge in [0.05, 0.1) is 6.26 Å². The fourth-order valence-electron chi connectivity index (χ4n) is 1.48. The Labute approximate surface area is 95.8 Å². The normalized spacial score (nSPS) is 17.6. The summed E-state index contributed by atoms with van der Waals surface area (Å²) in [6.45, 7) is 3.43. The molecule has 0 bridgehead atoms. The lowest BCUT2D eigenvalue weighted by molar-refractivity contribution is -0.113. The van der Waals surface area contributed by atoms with E-state index in [0.29, 0.717) is 6.42 Å². The average Bonchev–Trinajstić information content (AvgIpc) is 2.63. The van der Waals surface area contributed by atoms with Crippen molar-refractivity contribution >= 4 is 21.6 Å². The summed E-state index contributed by atoms with van der Waals surface area (Å²) >= 11 is 0. The molecule has 1 aliphatic rings. The minimum absolute atomic E-state index is 0.257. The van der Waals surface area contributed by atoms with E-state index in [0.717, 1.165) is 32.2 Å². The topological polar surface area (TPSA) is 78.8 Å². The van der Waals surface area contributed by atoms with Crippen molar-refractivity contribution in [2.24, 2.45) is 5.10 Å². The molecule has 0 aromatic heterocycles. The van der Waals surface area contributed by atoms with Crippen LogP contribution in [0.4, 0.5) is 0 Å². The molecule has 1 rings (SSSR count). The average molecular weight is 247 g/mol. The largest absolute Gasteiger partial charge is 0.297 e. The van der Waals surface area contributed by atoms with Gasteiger partial charge in [0.2, 0.25) is 10.0 Å². The number of hydrogen-bond donors (Lipinski definition) is 1. The lowest BCUT2D eigenvalue weighted by Gasteiger charge is -2.12. The number of amides is 1. The molecule has 1 heterocycles. The molecule has 0 aliphatic carbocycles. The van der Waals surface area contributed by atoms with Crippen LogP contribution in [0.25, 0.3) is 0 Å². The zero-order valence-electron chi connectivity index (χ0n) is 9.56. The molecular weight excluding hydrogens is 230 g/mol. The Hall–Kier alpha value is -1.11. The summed E-state index contributed by atoms with van der Waals surface area (Å²) < 4.78 is 23.7. The summed E-state index contributed by atoms with van der Waals surface area (Å²) in [6.07, 6.45) is 3.49.